The third-order valence-corrected chi connectivity index (χ3v) is 5.57. The molecule has 0 saturated carbocycles. The second-order valence-electron chi connectivity index (χ2n) is 7.69. The summed E-state index contributed by atoms with van der Waals surface area (Å²) in [5.41, 5.74) is 2.57. The van der Waals surface area contributed by atoms with Gasteiger partial charge in [0.2, 0.25) is 5.91 Å². The van der Waals surface area contributed by atoms with E-state index in [0.717, 1.165) is 50.2 Å². The van der Waals surface area contributed by atoms with Crippen molar-refractivity contribution < 1.29 is 22.7 Å². The molecule has 1 saturated heterocycles. The van der Waals surface area contributed by atoms with E-state index >= 15 is 0 Å². The fourth-order valence-electron chi connectivity index (χ4n) is 4.07. The van der Waals surface area contributed by atoms with Gasteiger partial charge in [-0.3, -0.25) is 4.79 Å². The van der Waals surface area contributed by atoms with Gasteiger partial charge in [0.25, 0.3) is 0 Å². The molecule has 6 nitrogen and oxygen atoms in total. The van der Waals surface area contributed by atoms with Crippen molar-refractivity contribution in [2.75, 3.05) is 18.0 Å². The minimum atomic E-state index is -4.78. The number of aromatic nitrogens is 2. The standard InChI is InChI=1S/C21H23F3N4O2/c22-21(23,24)30-18-9-2-1-5-15(18)12-25-20(29)16-7-4-10-28(13-16)19-11-14-6-3-8-17(14)26-27-19/h1-2,5,9,11,16H,3-4,6-8,10,12-13H2,(H,25,29). The summed E-state index contributed by atoms with van der Waals surface area (Å²) in [5, 5.41) is 11.4. The molecule has 0 radical (unpaired) electrons. The van der Waals surface area contributed by atoms with Crippen LogP contribution in [0.4, 0.5) is 19.0 Å². The molecule has 1 amide bonds. The lowest BCUT2D eigenvalue weighted by Gasteiger charge is -2.32. The van der Waals surface area contributed by atoms with Crippen LogP contribution in [-0.4, -0.2) is 35.6 Å². The number of carbonyl (C=O) groups is 1. The molecule has 1 aliphatic carbocycles. The number of carbonyl (C=O) groups excluding carboxylic acids is 1. The number of fused-ring (bicyclic) bond motifs is 1. The first-order valence-electron chi connectivity index (χ1n) is 10.1. The molecule has 1 aliphatic heterocycles. The smallest absolute Gasteiger partial charge is 0.405 e. The summed E-state index contributed by atoms with van der Waals surface area (Å²) in [7, 11) is 0. The average molecular weight is 420 g/mol. The molecule has 1 fully saturated rings. The molecule has 0 spiro atoms. The van der Waals surface area contributed by atoms with Gasteiger partial charge in [-0.2, -0.15) is 5.10 Å². The first-order valence-corrected chi connectivity index (χ1v) is 10.1. The van der Waals surface area contributed by atoms with Crippen LogP contribution in [0.25, 0.3) is 0 Å². The molecular weight excluding hydrogens is 397 g/mol. The Kier molecular flexibility index (Phi) is 5.78. The highest BCUT2D eigenvalue weighted by Crippen LogP contribution is 2.28. The van der Waals surface area contributed by atoms with Gasteiger partial charge in [0.05, 0.1) is 11.6 Å². The molecule has 1 aromatic carbocycles. The Morgan fingerprint density at radius 1 is 1.20 bits per heavy atom. The van der Waals surface area contributed by atoms with Gasteiger partial charge in [0, 0.05) is 25.2 Å². The first kappa shape index (κ1) is 20.4. The largest absolute Gasteiger partial charge is 0.573 e. The number of benzene rings is 1. The average Bonchev–Trinajstić information content (AvgIpc) is 3.20. The van der Waals surface area contributed by atoms with E-state index in [9.17, 15) is 18.0 Å². The van der Waals surface area contributed by atoms with Crippen LogP contribution < -0.4 is 15.0 Å². The highest BCUT2D eigenvalue weighted by atomic mass is 19.4. The van der Waals surface area contributed by atoms with Gasteiger partial charge >= 0.3 is 6.36 Å². The van der Waals surface area contributed by atoms with Crippen molar-refractivity contribution in [3.05, 3.63) is 47.2 Å². The maximum Gasteiger partial charge on any atom is 0.573 e. The van der Waals surface area contributed by atoms with Crippen LogP contribution >= 0.6 is 0 Å². The molecule has 2 aliphatic rings. The molecule has 1 unspecified atom stereocenters. The molecule has 30 heavy (non-hydrogen) atoms. The topological polar surface area (TPSA) is 67.3 Å². The molecule has 0 bridgehead atoms. The number of nitrogens with zero attached hydrogens (tertiary/aromatic N) is 3. The van der Waals surface area contributed by atoms with Gasteiger partial charge in [-0.15, -0.1) is 18.3 Å². The molecule has 1 atom stereocenters. The van der Waals surface area contributed by atoms with Gasteiger partial charge in [0.15, 0.2) is 5.82 Å². The van der Waals surface area contributed by atoms with Crippen molar-refractivity contribution in [3.8, 4) is 5.75 Å². The third-order valence-electron chi connectivity index (χ3n) is 5.57. The van der Waals surface area contributed by atoms with E-state index < -0.39 is 6.36 Å². The molecule has 160 valence electrons. The second kappa shape index (κ2) is 8.49. The van der Waals surface area contributed by atoms with Gasteiger partial charge in [0.1, 0.15) is 5.75 Å². The number of anilines is 1. The van der Waals surface area contributed by atoms with E-state index in [1.165, 1.54) is 23.8 Å². The number of ether oxygens (including phenoxy) is 1. The zero-order chi connectivity index (χ0) is 21.1. The minimum absolute atomic E-state index is 0.0275. The summed E-state index contributed by atoms with van der Waals surface area (Å²) in [6, 6.07) is 7.89. The van der Waals surface area contributed by atoms with Crippen LogP contribution in [-0.2, 0) is 24.2 Å². The number of aryl methyl sites for hydroxylation is 2. The molecule has 2 aromatic rings. The lowest BCUT2D eigenvalue weighted by molar-refractivity contribution is -0.274. The van der Waals surface area contributed by atoms with Crippen LogP contribution in [0.15, 0.2) is 30.3 Å². The minimum Gasteiger partial charge on any atom is -0.405 e. The number of halogens is 3. The van der Waals surface area contributed by atoms with E-state index in [1.54, 1.807) is 6.07 Å². The summed E-state index contributed by atoms with van der Waals surface area (Å²) in [5.74, 6) is 0.0428. The number of alkyl halides is 3. The molecule has 1 N–H and O–H groups in total. The van der Waals surface area contributed by atoms with Crippen LogP contribution in [0.5, 0.6) is 5.75 Å². The lowest BCUT2D eigenvalue weighted by atomic mass is 9.97. The summed E-state index contributed by atoms with van der Waals surface area (Å²) < 4.78 is 41.8. The predicted molar refractivity (Wildman–Crippen MR) is 104 cm³/mol. The van der Waals surface area contributed by atoms with Gasteiger partial charge in [-0.1, -0.05) is 18.2 Å². The summed E-state index contributed by atoms with van der Waals surface area (Å²) in [6.45, 7) is 1.29. The van der Waals surface area contributed by atoms with E-state index in [1.807, 2.05) is 0 Å². The summed E-state index contributed by atoms with van der Waals surface area (Å²) >= 11 is 0. The molecule has 4 rings (SSSR count). The third kappa shape index (κ3) is 4.83. The van der Waals surface area contributed by atoms with Crippen molar-refractivity contribution >= 4 is 11.7 Å². The zero-order valence-electron chi connectivity index (χ0n) is 16.4. The number of rotatable bonds is 5. The summed E-state index contributed by atoms with van der Waals surface area (Å²) in [6.07, 6.45) is -0.146. The zero-order valence-corrected chi connectivity index (χ0v) is 16.4. The number of nitrogens with one attached hydrogen (secondary N) is 1. The van der Waals surface area contributed by atoms with E-state index in [2.05, 4.69) is 31.2 Å². The van der Waals surface area contributed by atoms with Gasteiger partial charge < -0.3 is 15.0 Å². The quantitative estimate of drug-likeness (QED) is 0.803. The van der Waals surface area contributed by atoms with Gasteiger partial charge in [-0.25, -0.2) is 0 Å². The Labute approximate surface area is 172 Å². The summed E-state index contributed by atoms with van der Waals surface area (Å²) in [4.78, 5) is 14.8. The number of hydrogen-bond donors (Lipinski definition) is 1. The fraction of sp³-hybridized carbons (Fsp3) is 0.476. The maximum absolute atomic E-state index is 12.7. The molecule has 9 heteroatoms. The van der Waals surface area contributed by atoms with Crippen molar-refractivity contribution in [3.63, 3.8) is 0 Å². The fourth-order valence-corrected chi connectivity index (χ4v) is 4.07. The van der Waals surface area contributed by atoms with Crippen molar-refractivity contribution in [2.24, 2.45) is 5.92 Å². The number of para-hydroxylation sites is 1. The molecule has 1 aromatic heterocycles. The monoisotopic (exact) mass is 420 g/mol. The second-order valence-corrected chi connectivity index (χ2v) is 7.69. The predicted octanol–water partition coefficient (Wildman–Crippen LogP) is 3.40. The Morgan fingerprint density at radius 3 is 2.87 bits per heavy atom. The lowest BCUT2D eigenvalue weighted by Crippen LogP contribution is -2.43. The number of hydrogen-bond acceptors (Lipinski definition) is 5. The van der Waals surface area contributed by atoms with Crippen LogP contribution in [0.1, 0.15) is 36.1 Å². The van der Waals surface area contributed by atoms with Crippen molar-refractivity contribution in [2.45, 2.75) is 45.0 Å². The maximum atomic E-state index is 12.7. The van der Waals surface area contributed by atoms with Crippen molar-refractivity contribution in [1.82, 2.24) is 15.5 Å². The normalized spacial score (nSPS) is 18.8. The number of amides is 1. The Morgan fingerprint density at radius 2 is 2.03 bits per heavy atom. The number of piperidine rings is 1. The highest BCUT2D eigenvalue weighted by molar-refractivity contribution is 5.79. The van der Waals surface area contributed by atoms with Crippen molar-refractivity contribution in [1.29, 1.82) is 0 Å². The van der Waals surface area contributed by atoms with Crippen LogP contribution in [0.2, 0.25) is 0 Å². The first-order chi connectivity index (χ1) is 14.4. The van der Waals surface area contributed by atoms with Crippen LogP contribution in [0.3, 0.4) is 0 Å². The highest BCUT2D eigenvalue weighted by Gasteiger charge is 2.32. The Balaban J connectivity index is 1.37. The molecular formula is C21H23F3N4O2. The Hall–Kier alpha value is -2.84. The molecule has 2 heterocycles. The van der Waals surface area contributed by atoms with E-state index in [-0.39, 0.29) is 29.7 Å². The SMILES string of the molecule is O=C(NCc1ccccc1OC(F)(F)F)C1CCCN(c2cc3c(nn2)CCC3)C1. The van der Waals surface area contributed by atoms with Gasteiger partial charge in [-0.05, 0) is 49.8 Å². The Bertz CT molecular complexity index is 919. The van der Waals surface area contributed by atoms with E-state index in [4.69, 9.17) is 0 Å². The van der Waals surface area contributed by atoms with Crippen LogP contribution in [0, 0.1) is 5.92 Å². The van der Waals surface area contributed by atoms with E-state index in [0.29, 0.717) is 6.54 Å².